The van der Waals surface area contributed by atoms with Crippen LogP contribution in [-0.4, -0.2) is 23.9 Å². The average molecular weight is 237 g/mol. The van der Waals surface area contributed by atoms with Crippen molar-refractivity contribution >= 4 is 0 Å². The van der Waals surface area contributed by atoms with Gasteiger partial charge in [-0.2, -0.15) is 0 Å². The van der Waals surface area contributed by atoms with E-state index in [1.54, 1.807) is 0 Å². The highest BCUT2D eigenvalue weighted by Crippen LogP contribution is 2.14. The Morgan fingerprint density at radius 3 is 2.76 bits per heavy atom. The quantitative estimate of drug-likeness (QED) is 0.765. The number of ether oxygens (including phenoxy) is 1. The molecule has 0 radical (unpaired) electrons. The number of aliphatic hydroxyl groups is 1. The summed E-state index contributed by atoms with van der Waals surface area (Å²) in [5, 5.41) is 12.6. The van der Waals surface area contributed by atoms with Gasteiger partial charge in [0.1, 0.15) is 5.75 Å². The molecule has 0 bridgehead atoms. The molecule has 0 fully saturated rings. The van der Waals surface area contributed by atoms with Crippen molar-refractivity contribution in [1.29, 1.82) is 0 Å². The molecule has 0 aliphatic carbocycles. The summed E-state index contributed by atoms with van der Waals surface area (Å²) in [5.74, 6) is 0.898. The summed E-state index contributed by atoms with van der Waals surface area (Å²) in [4.78, 5) is 0. The Balaban J connectivity index is 2.43. The van der Waals surface area contributed by atoms with E-state index < -0.39 is 0 Å². The first-order valence-electron chi connectivity index (χ1n) is 6.26. The van der Waals surface area contributed by atoms with Crippen LogP contribution in [0.2, 0.25) is 0 Å². The average Bonchev–Trinajstić information content (AvgIpc) is 2.28. The van der Waals surface area contributed by atoms with Gasteiger partial charge in [-0.15, -0.1) is 0 Å². The Bertz CT molecular complexity index is 326. The van der Waals surface area contributed by atoms with Crippen LogP contribution in [0.5, 0.6) is 5.75 Å². The van der Waals surface area contributed by atoms with E-state index >= 15 is 0 Å². The molecule has 1 aromatic rings. The summed E-state index contributed by atoms with van der Waals surface area (Å²) in [6.45, 7) is 7.40. The number of hydrogen-bond acceptors (Lipinski definition) is 3. The van der Waals surface area contributed by atoms with Crippen LogP contribution in [0.15, 0.2) is 24.3 Å². The van der Waals surface area contributed by atoms with Gasteiger partial charge in [0.15, 0.2) is 0 Å². The van der Waals surface area contributed by atoms with Crippen LogP contribution in [-0.2, 0) is 6.54 Å². The van der Waals surface area contributed by atoms with Gasteiger partial charge in [0.25, 0.3) is 0 Å². The predicted octanol–water partition coefficient (Wildman–Crippen LogP) is 2.33. The molecule has 3 heteroatoms. The normalized spacial score (nSPS) is 12.8. The number of aliphatic hydroxyl groups excluding tert-OH is 1. The molecule has 17 heavy (non-hydrogen) atoms. The third-order valence-corrected chi connectivity index (χ3v) is 2.45. The molecule has 0 heterocycles. The molecule has 2 N–H and O–H groups in total. The molecule has 0 amide bonds. The molecule has 1 unspecified atom stereocenters. The third kappa shape index (κ3) is 5.71. The zero-order chi connectivity index (χ0) is 12.7. The maximum Gasteiger partial charge on any atom is 0.120 e. The van der Waals surface area contributed by atoms with Crippen LogP contribution in [0.25, 0.3) is 0 Å². The molecule has 1 aromatic carbocycles. The highest BCUT2D eigenvalue weighted by molar-refractivity contribution is 5.28. The van der Waals surface area contributed by atoms with Gasteiger partial charge in [-0.25, -0.2) is 0 Å². The number of hydrogen-bond donors (Lipinski definition) is 2. The topological polar surface area (TPSA) is 41.5 Å². The smallest absolute Gasteiger partial charge is 0.120 e. The van der Waals surface area contributed by atoms with Crippen LogP contribution in [0.4, 0.5) is 0 Å². The lowest BCUT2D eigenvalue weighted by molar-refractivity contribution is 0.167. The monoisotopic (exact) mass is 237 g/mol. The maximum absolute atomic E-state index is 9.42. The second-order valence-corrected chi connectivity index (χ2v) is 4.51. The minimum absolute atomic E-state index is 0.195. The summed E-state index contributed by atoms with van der Waals surface area (Å²) in [6.07, 6.45) is 0.717. The fourth-order valence-corrected chi connectivity index (χ4v) is 1.53. The van der Waals surface area contributed by atoms with E-state index in [2.05, 4.69) is 11.4 Å². The molecule has 1 atom stereocenters. The Labute approximate surface area is 104 Å². The van der Waals surface area contributed by atoms with Crippen molar-refractivity contribution in [3.8, 4) is 5.75 Å². The van der Waals surface area contributed by atoms with Gasteiger partial charge in [-0.1, -0.05) is 19.1 Å². The minimum Gasteiger partial charge on any atom is -0.491 e. The van der Waals surface area contributed by atoms with E-state index in [0.717, 1.165) is 18.7 Å². The molecule has 0 aliphatic heterocycles. The van der Waals surface area contributed by atoms with E-state index in [9.17, 15) is 5.11 Å². The van der Waals surface area contributed by atoms with Crippen LogP contribution in [0.3, 0.4) is 0 Å². The summed E-state index contributed by atoms with van der Waals surface area (Å²) in [5.41, 5.74) is 1.17. The van der Waals surface area contributed by atoms with Gasteiger partial charge < -0.3 is 15.2 Å². The van der Waals surface area contributed by atoms with Crippen LogP contribution in [0, 0.1) is 0 Å². The van der Waals surface area contributed by atoms with Crippen molar-refractivity contribution in [3.05, 3.63) is 29.8 Å². The Morgan fingerprint density at radius 2 is 2.12 bits per heavy atom. The van der Waals surface area contributed by atoms with Gasteiger partial charge in [-0.3, -0.25) is 0 Å². The summed E-state index contributed by atoms with van der Waals surface area (Å²) < 4.78 is 5.63. The Hall–Kier alpha value is -1.06. The highest BCUT2D eigenvalue weighted by atomic mass is 16.5. The lowest BCUT2D eigenvalue weighted by atomic mass is 10.2. The molecule has 3 nitrogen and oxygen atoms in total. The van der Waals surface area contributed by atoms with Gasteiger partial charge >= 0.3 is 0 Å². The summed E-state index contributed by atoms with van der Waals surface area (Å²) in [7, 11) is 0. The van der Waals surface area contributed by atoms with Gasteiger partial charge in [0.2, 0.25) is 0 Å². The highest BCUT2D eigenvalue weighted by Gasteiger charge is 2.01. The molecule has 0 aliphatic rings. The first-order valence-corrected chi connectivity index (χ1v) is 6.26. The molecule has 0 spiro atoms. The summed E-state index contributed by atoms with van der Waals surface area (Å²) >= 11 is 0. The standard InChI is InChI=1S/C14H23NO2/c1-4-13(16)10-15-9-12-6-5-7-14(8-12)17-11(2)3/h5-8,11,13,15-16H,4,9-10H2,1-3H3. The SMILES string of the molecule is CCC(O)CNCc1cccc(OC(C)C)c1. The molecule has 0 aromatic heterocycles. The zero-order valence-corrected chi connectivity index (χ0v) is 10.9. The molecule has 96 valence electrons. The minimum atomic E-state index is -0.259. The van der Waals surface area contributed by atoms with Crippen molar-refractivity contribution in [1.82, 2.24) is 5.32 Å². The molecular weight excluding hydrogens is 214 g/mol. The van der Waals surface area contributed by atoms with E-state index in [1.165, 1.54) is 5.56 Å². The van der Waals surface area contributed by atoms with E-state index in [4.69, 9.17) is 4.74 Å². The molecule has 1 rings (SSSR count). The van der Waals surface area contributed by atoms with Crippen LogP contribution in [0.1, 0.15) is 32.8 Å². The van der Waals surface area contributed by atoms with Gasteiger partial charge in [-0.05, 0) is 38.0 Å². The first kappa shape index (κ1) is 14.0. The lowest BCUT2D eigenvalue weighted by Crippen LogP contribution is -2.25. The molecular formula is C14H23NO2. The number of rotatable bonds is 7. The Morgan fingerprint density at radius 1 is 1.35 bits per heavy atom. The maximum atomic E-state index is 9.42. The van der Waals surface area contributed by atoms with Crippen molar-refractivity contribution in [2.24, 2.45) is 0 Å². The lowest BCUT2D eigenvalue weighted by Gasteiger charge is -2.12. The zero-order valence-electron chi connectivity index (χ0n) is 10.9. The third-order valence-electron chi connectivity index (χ3n) is 2.45. The fraction of sp³-hybridized carbons (Fsp3) is 0.571. The van der Waals surface area contributed by atoms with Crippen LogP contribution < -0.4 is 10.1 Å². The fourth-order valence-electron chi connectivity index (χ4n) is 1.53. The Kier molecular flexibility index (Phi) is 6.01. The molecule has 0 saturated carbocycles. The van der Waals surface area contributed by atoms with E-state index in [0.29, 0.717) is 6.54 Å². The number of benzene rings is 1. The first-order chi connectivity index (χ1) is 8.11. The van der Waals surface area contributed by atoms with Crippen molar-refractivity contribution < 1.29 is 9.84 Å². The van der Waals surface area contributed by atoms with Gasteiger partial charge in [0.05, 0.1) is 12.2 Å². The largest absolute Gasteiger partial charge is 0.491 e. The predicted molar refractivity (Wildman–Crippen MR) is 70.2 cm³/mol. The molecule has 0 saturated heterocycles. The number of nitrogens with one attached hydrogen (secondary N) is 1. The second-order valence-electron chi connectivity index (χ2n) is 4.51. The second kappa shape index (κ2) is 7.30. The van der Waals surface area contributed by atoms with Crippen molar-refractivity contribution in [2.45, 2.75) is 45.9 Å². The van der Waals surface area contributed by atoms with Crippen molar-refractivity contribution in [2.75, 3.05) is 6.54 Å². The van der Waals surface area contributed by atoms with E-state index in [-0.39, 0.29) is 12.2 Å². The van der Waals surface area contributed by atoms with E-state index in [1.807, 2.05) is 39.0 Å². The van der Waals surface area contributed by atoms with Gasteiger partial charge in [0, 0.05) is 13.1 Å². The van der Waals surface area contributed by atoms with Crippen LogP contribution >= 0.6 is 0 Å². The van der Waals surface area contributed by atoms with Crippen molar-refractivity contribution in [3.63, 3.8) is 0 Å². The summed E-state index contributed by atoms with van der Waals surface area (Å²) in [6, 6.07) is 8.04.